The molecule has 10 nitrogen and oxygen atoms in total. The number of likely N-dealkylation sites (tertiary alicyclic amines) is 1. The van der Waals surface area contributed by atoms with Crippen LogP contribution in [0.2, 0.25) is 0 Å². The average molecular weight is 502 g/mol. The Labute approximate surface area is 192 Å². The third kappa shape index (κ3) is 3.56. The van der Waals surface area contributed by atoms with Gasteiger partial charge in [-0.1, -0.05) is 12.1 Å². The minimum absolute atomic E-state index is 0. The van der Waals surface area contributed by atoms with Crippen LogP contribution in [0.4, 0.5) is 13.2 Å². The summed E-state index contributed by atoms with van der Waals surface area (Å²) in [4.78, 5) is 23.3. The van der Waals surface area contributed by atoms with Crippen LogP contribution in [0.1, 0.15) is 36.3 Å². The zero-order chi connectivity index (χ0) is 23.8. The van der Waals surface area contributed by atoms with E-state index in [9.17, 15) is 26.4 Å². The predicted molar refractivity (Wildman–Crippen MR) is 110 cm³/mol. The van der Waals surface area contributed by atoms with E-state index in [1.807, 2.05) is 0 Å². The van der Waals surface area contributed by atoms with Crippen molar-refractivity contribution in [3.8, 4) is 11.3 Å². The fourth-order valence-electron chi connectivity index (χ4n) is 4.71. The lowest BCUT2D eigenvalue weighted by atomic mass is 9.95. The highest BCUT2D eigenvalue weighted by Crippen LogP contribution is 2.56. The van der Waals surface area contributed by atoms with Gasteiger partial charge in [-0.15, -0.1) is 9.35 Å². The van der Waals surface area contributed by atoms with E-state index < -0.39 is 33.4 Å². The second kappa shape index (κ2) is 7.68. The summed E-state index contributed by atoms with van der Waals surface area (Å²) in [6.45, 7) is 2.06. The SMILES string of the molecule is Cc1cc(-c2ccc(C(F)(F)F)cc2)nc([C@]23CC[C@@]4(CCN(C)C4=O)N2OS(=O)(=O)O3)n1.O. The zero-order valence-electron chi connectivity index (χ0n) is 18.1. The van der Waals surface area contributed by atoms with Gasteiger partial charge in [0.25, 0.3) is 0 Å². The standard InChI is InChI=1S/C20H19F3N4O5S.H2O/c1-12-11-15(13-3-5-14(6-4-13)20(21,22)23)25-16(24-12)19-8-7-18(9-10-26(2)17(18)28)27(19)32-33(29,30)31-19;/h3-6,11H,7-10H2,1-2H3;1H2/t18-,19+;/m0./s1. The topological polar surface area (TPSA) is 133 Å². The fourth-order valence-corrected chi connectivity index (χ4v) is 5.74. The number of fused-ring (bicyclic) bond motifs is 2. The summed E-state index contributed by atoms with van der Waals surface area (Å²) < 4.78 is 74.0. The first-order chi connectivity index (χ1) is 15.4. The Balaban J connectivity index is 0.00000274. The Morgan fingerprint density at radius 3 is 2.35 bits per heavy atom. The van der Waals surface area contributed by atoms with E-state index in [1.54, 1.807) is 20.0 Å². The summed E-state index contributed by atoms with van der Waals surface area (Å²) in [5.74, 6) is -0.335. The quantitative estimate of drug-likeness (QED) is 0.606. The van der Waals surface area contributed by atoms with Crippen molar-refractivity contribution in [3.05, 3.63) is 47.4 Å². The molecule has 1 aromatic carbocycles. The summed E-state index contributed by atoms with van der Waals surface area (Å²) in [7, 11) is -2.86. The number of likely N-dealkylation sites (N-methyl/N-ethyl adjacent to an activating group) is 1. The van der Waals surface area contributed by atoms with E-state index in [1.165, 1.54) is 17.0 Å². The number of halogens is 3. The molecular formula is C20H21F3N4O6S. The molecule has 2 N–H and O–H groups in total. The predicted octanol–water partition coefficient (Wildman–Crippen LogP) is 1.70. The van der Waals surface area contributed by atoms with Crippen LogP contribution in [0, 0.1) is 6.92 Å². The Morgan fingerprint density at radius 1 is 1.09 bits per heavy atom. The summed E-state index contributed by atoms with van der Waals surface area (Å²) in [5.41, 5.74) is -2.70. The second-order valence-corrected chi connectivity index (χ2v) is 9.58. The number of hydrogen-bond acceptors (Lipinski definition) is 8. The highest BCUT2D eigenvalue weighted by molar-refractivity contribution is 7.82. The van der Waals surface area contributed by atoms with Gasteiger partial charge in [0.15, 0.2) is 5.82 Å². The van der Waals surface area contributed by atoms with Gasteiger partial charge >= 0.3 is 16.6 Å². The van der Waals surface area contributed by atoms with E-state index in [-0.39, 0.29) is 35.7 Å². The number of rotatable bonds is 2. The molecule has 184 valence electrons. The smallest absolute Gasteiger partial charge is 0.412 e. The number of aromatic nitrogens is 2. The molecule has 0 bridgehead atoms. The van der Waals surface area contributed by atoms with Crippen LogP contribution >= 0.6 is 0 Å². The number of aryl methyl sites for hydroxylation is 1. The third-order valence-electron chi connectivity index (χ3n) is 6.32. The molecule has 14 heteroatoms. The Morgan fingerprint density at radius 2 is 1.76 bits per heavy atom. The summed E-state index contributed by atoms with van der Waals surface area (Å²) >= 11 is 0. The first-order valence-electron chi connectivity index (χ1n) is 10.1. The number of hydroxylamine groups is 2. The number of amides is 1. The minimum Gasteiger partial charge on any atom is -0.412 e. The number of carbonyl (C=O) groups excluding carboxylic acids is 1. The van der Waals surface area contributed by atoms with E-state index >= 15 is 0 Å². The maximum absolute atomic E-state index is 12.9. The van der Waals surface area contributed by atoms with Crippen LogP contribution in [0.3, 0.4) is 0 Å². The zero-order valence-corrected chi connectivity index (χ0v) is 18.9. The highest BCUT2D eigenvalue weighted by Gasteiger charge is 2.71. The maximum atomic E-state index is 12.9. The lowest BCUT2D eigenvalue weighted by Crippen LogP contribution is -2.53. The van der Waals surface area contributed by atoms with Crippen LogP contribution < -0.4 is 0 Å². The molecule has 0 aliphatic carbocycles. The summed E-state index contributed by atoms with van der Waals surface area (Å²) in [6.07, 6.45) is -3.81. The van der Waals surface area contributed by atoms with Crippen LogP contribution in [0.25, 0.3) is 11.3 Å². The number of nitrogens with zero attached hydrogens (tertiary/aromatic N) is 4. The Hall–Kier alpha value is -2.65. The molecule has 0 saturated carbocycles. The molecule has 2 aromatic rings. The van der Waals surface area contributed by atoms with Crippen molar-refractivity contribution in [1.29, 1.82) is 0 Å². The number of carbonyl (C=O) groups is 1. The maximum Gasteiger partial charge on any atom is 0.418 e. The van der Waals surface area contributed by atoms with Gasteiger partial charge in [-0.05, 0) is 38.0 Å². The molecule has 4 heterocycles. The molecule has 5 rings (SSSR count). The van der Waals surface area contributed by atoms with Crippen molar-refractivity contribution in [1.82, 2.24) is 19.9 Å². The summed E-state index contributed by atoms with van der Waals surface area (Å²) in [5, 5.41) is 1.06. The largest absolute Gasteiger partial charge is 0.418 e. The minimum atomic E-state index is -4.48. The van der Waals surface area contributed by atoms with Crippen molar-refractivity contribution < 1.29 is 40.3 Å². The molecule has 1 aromatic heterocycles. The molecule has 0 unspecified atom stereocenters. The molecule has 1 amide bonds. The Bertz CT molecular complexity index is 1260. The molecular weight excluding hydrogens is 481 g/mol. The van der Waals surface area contributed by atoms with Crippen molar-refractivity contribution in [2.24, 2.45) is 0 Å². The van der Waals surface area contributed by atoms with Crippen LogP contribution in [-0.4, -0.2) is 58.9 Å². The molecule has 1 spiro atoms. The van der Waals surface area contributed by atoms with Gasteiger partial charge in [-0.25, -0.2) is 14.2 Å². The van der Waals surface area contributed by atoms with Gasteiger partial charge in [-0.3, -0.25) is 4.79 Å². The monoisotopic (exact) mass is 502 g/mol. The van der Waals surface area contributed by atoms with E-state index in [0.29, 0.717) is 24.2 Å². The number of alkyl halides is 3. The van der Waals surface area contributed by atoms with Crippen molar-refractivity contribution >= 4 is 16.3 Å². The number of hydrogen-bond donors (Lipinski definition) is 0. The van der Waals surface area contributed by atoms with Crippen LogP contribution in [0.5, 0.6) is 0 Å². The van der Waals surface area contributed by atoms with Crippen LogP contribution in [0.15, 0.2) is 30.3 Å². The van der Waals surface area contributed by atoms with Gasteiger partial charge in [0, 0.05) is 31.3 Å². The first kappa shape index (κ1) is 24.5. The van der Waals surface area contributed by atoms with Crippen LogP contribution in [-0.2, 0) is 35.6 Å². The van der Waals surface area contributed by atoms with Crippen molar-refractivity contribution in [2.45, 2.75) is 43.6 Å². The third-order valence-corrected chi connectivity index (χ3v) is 7.13. The lowest BCUT2D eigenvalue weighted by molar-refractivity contribution is -0.204. The van der Waals surface area contributed by atoms with Gasteiger partial charge < -0.3 is 10.4 Å². The Kier molecular flexibility index (Phi) is 5.53. The molecule has 3 aliphatic rings. The molecule has 3 saturated heterocycles. The summed E-state index contributed by atoms with van der Waals surface area (Å²) in [6, 6.07) is 6.00. The van der Waals surface area contributed by atoms with E-state index in [2.05, 4.69) is 9.97 Å². The fraction of sp³-hybridized carbons (Fsp3) is 0.450. The van der Waals surface area contributed by atoms with E-state index in [4.69, 9.17) is 8.47 Å². The average Bonchev–Trinajstić information content (AvgIpc) is 3.31. The van der Waals surface area contributed by atoms with Gasteiger partial charge in [0.1, 0.15) is 5.54 Å². The molecule has 3 aliphatic heterocycles. The van der Waals surface area contributed by atoms with E-state index in [0.717, 1.165) is 17.2 Å². The molecule has 0 radical (unpaired) electrons. The van der Waals surface area contributed by atoms with Crippen molar-refractivity contribution in [3.63, 3.8) is 0 Å². The van der Waals surface area contributed by atoms with Gasteiger partial charge in [0.2, 0.25) is 11.6 Å². The normalized spacial score (nSPS) is 28.4. The highest BCUT2D eigenvalue weighted by atomic mass is 32.3. The van der Waals surface area contributed by atoms with Gasteiger partial charge in [-0.2, -0.15) is 21.6 Å². The molecule has 3 fully saturated rings. The second-order valence-electron chi connectivity index (χ2n) is 8.45. The van der Waals surface area contributed by atoms with Crippen molar-refractivity contribution in [2.75, 3.05) is 13.6 Å². The molecule has 34 heavy (non-hydrogen) atoms. The van der Waals surface area contributed by atoms with Gasteiger partial charge in [0.05, 0.1) is 11.3 Å². The lowest BCUT2D eigenvalue weighted by Gasteiger charge is -2.32. The molecule has 2 atom stereocenters. The first-order valence-corrected chi connectivity index (χ1v) is 11.4. The number of benzene rings is 1.